The lowest BCUT2D eigenvalue weighted by molar-refractivity contribution is 0.307. The van der Waals surface area contributed by atoms with Crippen LogP contribution in [0.25, 0.3) is 0 Å². The van der Waals surface area contributed by atoms with E-state index in [1.165, 1.54) is 37.1 Å². The third-order valence-corrected chi connectivity index (χ3v) is 3.30. The number of fused-ring (bicyclic) bond motifs is 3. The van der Waals surface area contributed by atoms with Crippen molar-refractivity contribution in [3.05, 3.63) is 29.6 Å². The number of aromatic nitrogens is 1. The maximum atomic E-state index is 4.44. The molecule has 0 aromatic carbocycles. The van der Waals surface area contributed by atoms with E-state index in [0.717, 1.165) is 5.92 Å². The predicted molar refractivity (Wildman–Crippen MR) is 51.4 cm³/mol. The summed E-state index contributed by atoms with van der Waals surface area (Å²) in [5, 5.41) is 3.60. The summed E-state index contributed by atoms with van der Waals surface area (Å²) < 4.78 is 0. The van der Waals surface area contributed by atoms with Crippen LogP contribution in [-0.2, 0) is 6.42 Å². The molecular weight excluding hydrogens is 160 g/mol. The zero-order valence-corrected chi connectivity index (χ0v) is 7.66. The smallest absolute Gasteiger partial charge is 0.0454 e. The molecule has 1 aromatic rings. The lowest BCUT2D eigenvalue weighted by Crippen LogP contribution is -2.31. The highest BCUT2D eigenvalue weighted by Gasteiger charge is 2.34. The van der Waals surface area contributed by atoms with E-state index in [1.54, 1.807) is 0 Å². The molecule has 0 saturated carbocycles. The Balaban J connectivity index is 2.01. The molecule has 0 bridgehead atoms. The van der Waals surface area contributed by atoms with E-state index in [2.05, 4.69) is 22.4 Å². The monoisotopic (exact) mass is 174 g/mol. The molecule has 1 aliphatic heterocycles. The number of nitrogens with one attached hydrogen (secondary N) is 1. The van der Waals surface area contributed by atoms with Crippen LogP contribution in [0.5, 0.6) is 0 Å². The molecule has 2 heteroatoms. The zero-order chi connectivity index (χ0) is 8.67. The Bertz CT molecular complexity index is 322. The van der Waals surface area contributed by atoms with Crippen LogP contribution in [0.4, 0.5) is 0 Å². The molecular formula is C11H14N2. The Kier molecular flexibility index (Phi) is 1.62. The van der Waals surface area contributed by atoms with Crippen molar-refractivity contribution in [3.63, 3.8) is 0 Å². The van der Waals surface area contributed by atoms with Gasteiger partial charge in [-0.25, -0.2) is 0 Å². The van der Waals surface area contributed by atoms with Crippen LogP contribution in [0.1, 0.15) is 30.1 Å². The highest BCUT2D eigenvalue weighted by atomic mass is 14.9. The number of rotatable bonds is 0. The van der Waals surface area contributed by atoms with Crippen LogP contribution >= 0.6 is 0 Å². The minimum absolute atomic E-state index is 0.609. The van der Waals surface area contributed by atoms with E-state index in [4.69, 9.17) is 0 Å². The minimum atomic E-state index is 0.609. The lowest BCUT2D eigenvalue weighted by atomic mass is 9.92. The molecule has 13 heavy (non-hydrogen) atoms. The predicted octanol–water partition coefficient (Wildman–Crippen LogP) is 1.68. The van der Waals surface area contributed by atoms with Crippen LogP contribution < -0.4 is 5.32 Å². The Morgan fingerprint density at radius 2 is 2.46 bits per heavy atom. The first-order chi connectivity index (χ1) is 6.45. The Morgan fingerprint density at radius 1 is 1.46 bits per heavy atom. The fourth-order valence-electron chi connectivity index (χ4n) is 2.69. The van der Waals surface area contributed by atoms with Crippen molar-refractivity contribution in [3.8, 4) is 0 Å². The average molecular weight is 174 g/mol. The van der Waals surface area contributed by atoms with Gasteiger partial charge in [0.05, 0.1) is 0 Å². The average Bonchev–Trinajstić information content (AvgIpc) is 2.56. The molecule has 1 fully saturated rings. The van der Waals surface area contributed by atoms with E-state index in [0.29, 0.717) is 6.04 Å². The normalized spacial score (nSPS) is 31.1. The number of hydrogen-bond acceptors (Lipinski definition) is 2. The SMILES string of the molecule is c1cnc2c(c1)C1NCCCC1C2. The summed E-state index contributed by atoms with van der Waals surface area (Å²) in [4.78, 5) is 4.44. The first kappa shape index (κ1) is 7.51. The van der Waals surface area contributed by atoms with Gasteiger partial charge in [0.2, 0.25) is 0 Å². The quantitative estimate of drug-likeness (QED) is 0.647. The number of nitrogens with zero attached hydrogens (tertiary/aromatic N) is 1. The van der Waals surface area contributed by atoms with Crippen molar-refractivity contribution < 1.29 is 0 Å². The maximum absolute atomic E-state index is 4.44. The summed E-state index contributed by atoms with van der Waals surface area (Å²) in [5.41, 5.74) is 2.78. The first-order valence-electron chi connectivity index (χ1n) is 5.12. The molecule has 0 amide bonds. The molecule has 2 heterocycles. The first-order valence-corrected chi connectivity index (χ1v) is 5.12. The van der Waals surface area contributed by atoms with E-state index in [1.807, 2.05) is 6.20 Å². The van der Waals surface area contributed by atoms with Crippen molar-refractivity contribution in [2.24, 2.45) is 5.92 Å². The Morgan fingerprint density at radius 3 is 3.46 bits per heavy atom. The topological polar surface area (TPSA) is 24.9 Å². The summed E-state index contributed by atoms with van der Waals surface area (Å²) in [7, 11) is 0. The largest absolute Gasteiger partial charge is 0.310 e. The van der Waals surface area contributed by atoms with Crippen LogP contribution in [0.2, 0.25) is 0 Å². The second-order valence-corrected chi connectivity index (χ2v) is 4.08. The Labute approximate surface area is 78.4 Å². The lowest BCUT2D eigenvalue weighted by Gasteiger charge is -2.26. The van der Waals surface area contributed by atoms with Gasteiger partial charge in [0.25, 0.3) is 0 Å². The molecule has 1 aromatic heterocycles. The molecule has 68 valence electrons. The summed E-state index contributed by atoms with van der Waals surface area (Å²) in [6.45, 7) is 1.18. The van der Waals surface area contributed by atoms with Crippen LogP contribution in [0.15, 0.2) is 18.3 Å². The minimum Gasteiger partial charge on any atom is -0.310 e. The number of piperidine rings is 1. The second-order valence-electron chi connectivity index (χ2n) is 4.08. The summed E-state index contributed by atoms with van der Waals surface area (Å²) in [6.07, 6.45) is 5.80. The Hall–Kier alpha value is -0.890. The van der Waals surface area contributed by atoms with E-state index < -0.39 is 0 Å². The van der Waals surface area contributed by atoms with Crippen molar-refractivity contribution in [1.82, 2.24) is 10.3 Å². The van der Waals surface area contributed by atoms with E-state index >= 15 is 0 Å². The molecule has 2 nitrogen and oxygen atoms in total. The zero-order valence-electron chi connectivity index (χ0n) is 7.66. The van der Waals surface area contributed by atoms with Crippen molar-refractivity contribution in [2.45, 2.75) is 25.3 Å². The fourth-order valence-corrected chi connectivity index (χ4v) is 2.69. The van der Waals surface area contributed by atoms with Gasteiger partial charge in [-0.15, -0.1) is 0 Å². The van der Waals surface area contributed by atoms with Crippen LogP contribution in [0.3, 0.4) is 0 Å². The van der Waals surface area contributed by atoms with Gasteiger partial charge in [-0.05, 0) is 43.4 Å². The molecule has 2 unspecified atom stereocenters. The summed E-state index contributed by atoms with van der Waals surface area (Å²) in [5.74, 6) is 0.818. The molecule has 0 spiro atoms. The standard InChI is InChI=1S/C11H14N2/c1-3-8-7-10-9(4-2-5-12-10)11(8)13-6-1/h2,4-5,8,11,13H,1,3,6-7H2. The molecule has 2 atom stereocenters. The van der Waals surface area contributed by atoms with Gasteiger partial charge in [0, 0.05) is 17.9 Å². The summed E-state index contributed by atoms with van der Waals surface area (Å²) >= 11 is 0. The van der Waals surface area contributed by atoms with Crippen LogP contribution in [0, 0.1) is 5.92 Å². The van der Waals surface area contributed by atoms with Gasteiger partial charge < -0.3 is 5.32 Å². The van der Waals surface area contributed by atoms with E-state index in [9.17, 15) is 0 Å². The molecule has 0 radical (unpaired) electrons. The maximum Gasteiger partial charge on any atom is 0.0454 e. The molecule has 3 rings (SSSR count). The fraction of sp³-hybridized carbons (Fsp3) is 0.545. The van der Waals surface area contributed by atoms with Gasteiger partial charge in [-0.2, -0.15) is 0 Å². The molecule has 2 aliphatic rings. The highest BCUT2D eigenvalue weighted by Crippen LogP contribution is 2.39. The molecule has 1 saturated heterocycles. The van der Waals surface area contributed by atoms with Crippen molar-refractivity contribution in [1.29, 1.82) is 0 Å². The van der Waals surface area contributed by atoms with Gasteiger partial charge in [-0.3, -0.25) is 4.98 Å². The molecule has 1 N–H and O–H groups in total. The molecule has 1 aliphatic carbocycles. The van der Waals surface area contributed by atoms with Gasteiger partial charge in [0.1, 0.15) is 0 Å². The van der Waals surface area contributed by atoms with Gasteiger partial charge >= 0.3 is 0 Å². The van der Waals surface area contributed by atoms with Gasteiger partial charge in [0.15, 0.2) is 0 Å². The van der Waals surface area contributed by atoms with Crippen molar-refractivity contribution >= 4 is 0 Å². The van der Waals surface area contributed by atoms with Crippen molar-refractivity contribution in [2.75, 3.05) is 6.54 Å². The third kappa shape index (κ3) is 1.09. The third-order valence-electron chi connectivity index (χ3n) is 3.30. The number of hydrogen-bond donors (Lipinski definition) is 1. The van der Waals surface area contributed by atoms with Gasteiger partial charge in [-0.1, -0.05) is 6.07 Å². The van der Waals surface area contributed by atoms with E-state index in [-0.39, 0.29) is 0 Å². The number of pyridine rings is 1. The highest BCUT2D eigenvalue weighted by molar-refractivity contribution is 5.30. The van der Waals surface area contributed by atoms with Crippen LogP contribution in [-0.4, -0.2) is 11.5 Å². The summed E-state index contributed by atoms with van der Waals surface area (Å²) in [6, 6.07) is 4.89. The second kappa shape index (κ2) is 2.81.